The summed E-state index contributed by atoms with van der Waals surface area (Å²) in [6, 6.07) is 4.55. The molecule has 1 aliphatic rings. The highest BCUT2D eigenvalue weighted by Crippen LogP contribution is 2.30. The molecule has 0 saturated carbocycles. The maximum atomic E-state index is 13.1. The molecule has 0 saturated heterocycles. The molecule has 0 unspecified atom stereocenters. The van der Waals surface area contributed by atoms with Crippen LogP contribution in [0.4, 0.5) is 4.39 Å². The highest BCUT2D eigenvalue weighted by Gasteiger charge is 2.20. The summed E-state index contributed by atoms with van der Waals surface area (Å²) < 4.78 is 13.1. The van der Waals surface area contributed by atoms with Crippen molar-refractivity contribution >= 4 is 5.76 Å². The lowest BCUT2D eigenvalue weighted by Crippen LogP contribution is -1.94. The van der Waals surface area contributed by atoms with Gasteiger partial charge in [0, 0.05) is 11.1 Å². The standard InChI is InChI=1S/C10H6FNO/c11-8-3-1-6(5-12)10-7(8)2-4-9(10)13/h1,3-4,13H,2H2. The maximum absolute atomic E-state index is 13.1. The van der Waals surface area contributed by atoms with Gasteiger partial charge in [-0.2, -0.15) is 5.26 Å². The first-order chi connectivity index (χ1) is 6.24. The van der Waals surface area contributed by atoms with Crippen LogP contribution in [0.5, 0.6) is 0 Å². The van der Waals surface area contributed by atoms with E-state index in [0.29, 0.717) is 23.1 Å². The van der Waals surface area contributed by atoms with Crippen LogP contribution in [0.3, 0.4) is 0 Å². The van der Waals surface area contributed by atoms with Crippen LogP contribution in [0.1, 0.15) is 16.7 Å². The van der Waals surface area contributed by atoms with Gasteiger partial charge in [0.25, 0.3) is 0 Å². The van der Waals surface area contributed by atoms with E-state index in [1.165, 1.54) is 18.2 Å². The third kappa shape index (κ3) is 0.994. The molecule has 1 N–H and O–H groups in total. The zero-order chi connectivity index (χ0) is 9.42. The number of allylic oxidation sites excluding steroid dienone is 1. The summed E-state index contributed by atoms with van der Waals surface area (Å²) in [5, 5.41) is 18.1. The molecule has 0 bridgehead atoms. The van der Waals surface area contributed by atoms with E-state index in [-0.39, 0.29) is 11.6 Å². The summed E-state index contributed by atoms with van der Waals surface area (Å²) in [7, 11) is 0. The Morgan fingerprint density at radius 2 is 2.23 bits per heavy atom. The summed E-state index contributed by atoms with van der Waals surface area (Å²) in [5.41, 5.74) is 1.08. The van der Waals surface area contributed by atoms with Gasteiger partial charge in [-0.1, -0.05) is 0 Å². The number of benzene rings is 1. The lowest BCUT2D eigenvalue weighted by atomic mass is 10.0. The Balaban J connectivity index is 2.75. The molecule has 0 amide bonds. The fourth-order valence-electron chi connectivity index (χ4n) is 1.51. The number of nitrogens with zero attached hydrogens (tertiary/aromatic N) is 1. The van der Waals surface area contributed by atoms with Gasteiger partial charge in [0.15, 0.2) is 0 Å². The van der Waals surface area contributed by atoms with Crippen molar-refractivity contribution in [2.45, 2.75) is 6.42 Å². The predicted octanol–water partition coefficient (Wildman–Crippen LogP) is 2.15. The molecule has 13 heavy (non-hydrogen) atoms. The molecule has 0 radical (unpaired) electrons. The maximum Gasteiger partial charge on any atom is 0.127 e. The molecule has 0 aromatic heterocycles. The summed E-state index contributed by atoms with van der Waals surface area (Å²) in [6.45, 7) is 0. The number of aliphatic hydroxyl groups excluding tert-OH is 1. The molecule has 2 nitrogen and oxygen atoms in total. The average molecular weight is 175 g/mol. The van der Waals surface area contributed by atoms with Crippen molar-refractivity contribution in [3.63, 3.8) is 0 Å². The van der Waals surface area contributed by atoms with Gasteiger partial charge in [-0.05, 0) is 24.6 Å². The van der Waals surface area contributed by atoms with Gasteiger partial charge in [-0.25, -0.2) is 4.39 Å². The third-order valence-electron chi connectivity index (χ3n) is 2.13. The second kappa shape index (κ2) is 2.60. The molecule has 0 heterocycles. The predicted molar refractivity (Wildman–Crippen MR) is 45.4 cm³/mol. The molecule has 1 aromatic carbocycles. The molecule has 64 valence electrons. The zero-order valence-electron chi connectivity index (χ0n) is 6.71. The second-order valence-electron chi connectivity index (χ2n) is 2.85. The van der Waals surface area contributed by atoms with E-state index >= 15 is 0 Å². The van der Waals surface area contributed by atoms with E-state index < -0.39 is 0 Å². The smallest absolute Gasteiger partial charge is 0.127 e. The zero-order valence-corrected chi connectivity index (χ0v) is 6.71. The molecule has 0 atom stereocenters. The number of fused-ring (bicyclic) bond motifs is 1. The Kier molecular flexibility index (Phi) is 1.56. The fourth-order valence-corrected chi connectivity index (χ4v) is 1.51. The van der Waals surface area contributed by atoms with Crippen molar-refractivity contribution in [3.8, 4) is 6.07 Å². The normalized spacial score (nSPS) is 13.4. The Bertz CT molecular complexity index is 443. The minimum absolute atomic E-state index is 0.00560. The average Bonchev–Trinajstić information content (AvgIpc) is 2.51. The number of aliphatic hydroxyl groups is 1. The largest absolute Gasteiger partial charge is 0.508 e. The minimum Gasteiger partial charge on any atom is -0.508 e. The van der Waals surface area contributed by atoms with Crippen molar-refractivity contribution in [2.24, 2.45) is 0 Å². The van der Waals surface area contributed by atoms with Crippen LogP contribution >= 0.6 is 0 Å². The molecular weight excluding hydrogens is 169 g/mol. The van der Waals surface area contributed by atoms with Crippen molar-refractivity contribution in [3.05, 3.63) is 40.7 Å². The highest BCUT2D eigenvalue weighted by molar-refractivity contribution is 5.72. The SMILES string of the molecule is N#Cc1ccc(F)c2c1C(O)=CC2. The fraction of sp³-hybridized carbons (Fsp3) is 0.100. The van der Waals surface area contributed by atoms with Crippen molar-refractivity contribution < 1.29 is 9.50 Å². The summed E-state index contributed by atoms with van der Waals surface area (Å²) in [6.07, 6.45) is 1.87. The van der Waals surface area contributed by atoms with Crippen LogP contribution in [0.25, 0.3) is 5.76 Å². The first-order valence-corrected chi connectivity index (χ1v) is 3.85. The number of halogens is 1. The summed E-state index contributed by atoms with van der Waals surface area (Å²) in [4.78, 5) is 0. The van der Waals surface area contributed by atoms with E-state index in [1.54, 1.807) is 0 Å². The molecule has 0 aliphatic heterocycles. The molecule has 1 aromatic rings. The van der Waals surface area contributed by atoms with Crippen LogP contribution in [0.15, 0.2) is 18.2 Å². The van der Waals surface area contributed by atoms with Crippen molar-refractivity contribution in [1.29, 1.82) is 5.26 Å². The summed E-state index contributed by atoms with van der Waals surface area (Å²) in [5.74, 6) is -0.361. The van der Waals surface area contributed by atoms with Crippen LogP contribution < -0.4 is 0 Å². The Labute approximate surface area is 74.5 Å². The first kappa shape index (κ1) is 7.81. The van der Waals surface area contributed by atoms with Crippen LogP contribution in [0, 0.1) is 17.1 Å². The Morgan fingerprint density at radius 3 is 2.92 bits per heavy atom. The Morgan fingerprint density at radius 1 is 1.46 bits per heavy atom. The van der Waals surface area contributed by atoms with Crippen LogP contribution in [0.2, 0.25) is 0 Å². The highest BCUT2D eigenvalue weighted by atomic mass is 19.1. The van der Waals surface area contributed by atoms with E-state index in [4.69, 9.17) is 5.26 Å². The van der Waals surface area contributed by atoms with Gasteiger partial charge in [0.2, 0.25) is 0 Å². The van der Waals surface area contributed by atoms with E-state index in [2.05, 4.69) is 0 Å². The topological polar surface area (TPSA) is 44.0 Å². The van der Waals surface area contributed by atoms with Crippen molar-refractivity contribution in [2.75, 3.05) is 0 Å². The minimum atomic E-state index is -0.366. The molecule has 0 fully saturated rings. The van der Waals surface area contributed by atoms with Gasteiger partial charge in [-0.3, -0.25) is 0 Å². The van der Waals surface area contributed by atoms with Gasteiger partial charge in [0.05, 0.1) is 11.6 Å². The van der Waals surface area contributed by atoms with Gasteiger partial charge < -0.3 is 5.11 Å². The molecule has 3 heteroatoms. The Hall–Kier alpha value is -1.82. The molecular formula is C10H6FNO. The number of hydrogen-bond donors (Lipinski definition) is 1. The molecule has 1 aliphatic carbocycles. The number of nitriles is 1. The lowest BCUT2D eigenvalue weighted by molar-refractivity contribution is 0.512. The van der Waals surface area contributed by atoms with E-state index in [0.717, 1.165) is 0 Å². The quantitative estimate of drug-likeness (QED) is 0.656. The summed E-state index contributed by atoms with van der Waals surface area (Å²) >= 11 is 0. The van der Waals surface area contributed by atoms with E-state index in [9.17, 15) is 9.50 Å². The molecule has 0 spiro atoms. The third-order valence-corrected chi connectivity index (χ3v) is 2.13. The van der Waals surface area contributed by atoms with Crippen molar-refractivity contribution in [1.82, 2.24) is 0 Å². The van der Waals surface area contributed by atoms with E-state index in [1.807, 2.05) is 6.07 Å². The lowest BCUT2D eigenvalue weighted by Gasteiger charge is -2.03. The first-order valence-electron chi connectivity index (χ1n) is 3.85. The van der Waals surface area contributed by atoms with Gasteiger partial charge in [0.1, 0.15) is 11.6 Å². The van der Waals surface area contributed by atoms with Crippen LogP contribution in [-0.4, -0.2) is 5.11 Å². The second-order valence-corrected chi connectivity index (χ2v) is 2.85. The van der Waals surface area contributed by atoms with Gasteiger partial charge >= 0.3 is 0 Å². The number of hydrogen-bond acceptors (Lipinski definition) is 2. The van der Waals surface area contributed by atoms with Crippen LogP contribution in [-0.2, 0) is 6.42 Å². The van der Waals surface area contributed by atoms with Gasteiger partial charge in [-0.15, -0.1) is 0 Å². The number of rotatable bonds is 0. The monoisotopic (exact) mass is 175 g/mol. The molecule has 2 rings (SSSR count).